The Balaban J connectivity index is 2.11. The first-order valence-electron chi connectivity index (χ1n) is 6.42. The van der Waals surface area contributed by atoms with Gasteiger partial charge in [-0.1, -0.05) is 15.9 Å². The summed E-state index contributed by atoms with van der Waals surface area (Å²) >= 11 is 3.44. The lowest BCUT2D eigenvalue weighted by Gasteiger charge is -2.12. The SMILES string of the molecule is COc1cc(Br)c(CNC(=O)c2cc[n+]([O-])cc2)cc1OC. The number of nitrogens with one attached hydrogen (secondary N) is 1. The van der Waals surface area contributed by atoms with Gasteiger partial charge in [-0.05, 0) is 17.7 Å². The zero-order chi connectivity index (χ0) is 16.1. The number of pyridine rings is 1. The molecular formula is C15H15BrN2O4. The number of halogens is 1. The van der Waals surface area contributed by atoms with E-state index >= 15 is 0 Å². The fourth-order valence-electron chi connectivity index (χ4n) is 1.87. The van der Waals surface area contributed by atoms with E-state index in [0.717, 1.165) is 10.0 Å². The first-order chi connectivity index (χ1) is 10.5. The van der Waals surface area contributed by atoms with Crippen molar-refractivity contribution in [3.63, 3.8) is 0 Å². The summed E-state index contributed by atoms with van der Waals surface area (Å²) in [4.78, 5) is 12.0. The molecule has 1 N–H and O–H groups in total. The van der Waals surface area contributed by atoms with Crippen molar-refractivity contribution < 1.29 is 19.0 Å². The molecule has 0 spiro atoms. The van der Waals surface area contributed by atoms with Crippen LogP contribution in [0.1, 0.15) is 15.9 Å². The molecule has 0 aliphatic heterocycles. The van der Waals surface area contributed by atoms with E-state index in [0.29, 0.717) is 28.3 Å². The van der Waals surface area contributed by atoms with E-state index in [1.165, 1.54) is 24.5 Å². The molecule has 0 unspecified atom stereocenters. The van der Waals surface area contributed by atoms with Crippen LogP contribution in [0.15, 0.2) is 41.1 Å². The quantitative estimate of drug-likeness (QED) is 0.648. The van der Waals surface area contributed by atoms with E-state index in [1.807, 2.05) is 0 Å². The summed E-state index contributed by atoms with van der Waals surface area (Å²) in [5, 5.41) is 13.7. The van der Waals surface area contributed by atoms with Gasteiger partial charge in [0.1, 0.15) is 0 Å². The van der Waals surface area contributed by atoms with E-state index in [4.69, 9.17) is 9.47 Å². The van der Waals surface area contributed by atoms with Crippen LogP contribution in [-0.4, -0.2) is 20.1 Å². The smallest absolute Gasteiger partial charge is 0.252 e. The summed E-state index contributed by atoms with van der Waals surface area (Å²) in [5.74, 6) is 0.928. The molecule has 116 valence electrons. The van der Waals surface area contributed by atoms with Crippen molar-refractivity contribution in [2.24, 2.45) is 0 Å². The number of hydrogen-bond donors (Lipinski definition) is 1. The summed E-state index contributed by atoms with van der Waals surface area (Å²) in [6, 6.07) is 6.50. The number of aromatic nitrogens is 1. The molecule has 0 saturated carbocycles. The van der Waals surface area contributed by atoms with Crippen LogP contribution >= 0.6 is 15.9 Å². The van der Waals surface area contributed by atoms with Gasteiger partial charge >= 0.3 is 0 Å². The Morgan fingerprint density at radius 1 is 1.23 bits per heavy atom. The second kappa shape index (κ2) is 7.13. The lowest BCUT2D eigenvalue weighted by Crippen LogP contribution is -2.27. The minimum absolute atomic E-state index is 0.262. The van der Waals surface area contributed by atoms with Crippen LogP contribution < -0.4 is 19.5 Å². The Morgan fingerprint density at radius 3 is 2.41 bits per heavy atom. The molecule has 6 nitrogen and oxygen atoms in total. The third kappa shape index (κ3) is 3.67. The Morgan fingerprint density at radius 2 is 1.82 bits per heavy atom. The topological polar surface area (TPSA) is 74.5 Å². The minimum atomic E-state index is -0.262. The molecule has 2 rings (SSSR count). The maximum absolute atomic E-state index is 12.0. The first kappa shape index (κ1) is 16.1. The van der Waals surface area contributed by atoms with Gasteiger partial charge in [-0.25, -0.2) is 0 Å². The van der Waals surface area contributed by atoms with Crippen molar-refractivity contribution in [3.8, 4) is 11.5 Å². The minimum Gasteiger partial charge on any atom is -0.619 e. The summed E-state index contributed by atoms with van der Waals surface area (Å²) in [7, 11) is 3.11. The van der Waals surface area contributed by atoms with Gasteiger partial charge in [0.05, 0.1) is 19.8 Å². The number of carbonyl (C=O) groups is 1. The molecule has 1 amide bonds. The molecule has 0 atom stereocenters. The summed E-state index contributed by atoms with van der Waals surface area (Å²) in [6.45, 7) is 0.312. The van der Waals surface area contributed by atoms with Gasteiger partial charge in [0, 0.05) is 23.2 Å². The number of amides is 1. The third-order valence-corrected chi connectivity index (χ3v) is 3.79. The zero-order valence-corrected chi connectivity index (χ0v) is 13.7. The predicted octanol–water partition coefficient (Wildman–Crippen LogP) is 2.03. The van der Waals surface area contributed by atoms with Gasteiger partial charge in [0.2, 0.25) is 0 Å². The highest BCUT2D eigenvalue weighted by molar-refractivity contribution is 9.10. The molecule has 1 aromatic carbocycles. The summed E-state index contributed by atoms with van der Waals surface area (Å²) < 4.78 is 11.9. The van der Waals surface area contributed by atoms with E-state index in [9.17, 15) is 10.0 Å². The Labute approximate surface area is 136 Å². The van der Waals surface area contributed by atoms with Gasteiger partial charge < -0.3 is 20.0 Å². The molecule has 0 aliphatic rings. The molecule has 1 aromatic heterocycles. The van der Waals surface area contributed by atoms with Crippen LogP contribution in [0.2, 0.25) is 0 Å². The van der Waals surface area contributed by atoms with Crippen LogP contribution in [-0.2, 0) is 6.54 Å². The molecule has 1 heterocycles. The number of hydrogen-bond acceptors (Lipinski definition) is 4. The number of methoxy groups -OCH3 is 2. The molecule has 0 bridgehead atoms. The zero-order valence-electron chi connectivity index (χ0n) is 12.1. The second-order valence-electron chi connectivity index (χ2n) is 4.43. The van der Waals surface area contributed by atoms with Crippen LogP contribution in [0.4, 0.5) is 0 Å². The van der Waals surface area contributed by atoms with Gasteiger partial charge in [-0.3, -0.25) is 4.79 Å². The highest BCUT2D eigenvalue weighted by atomic mass is 79.9. The molecule has 0 radical (unpaired) electrons. The average molecular weight is 367 g/mol. The standard InChI is InChI=1S/C15H15BrN2O4/c1-21-13-7-11(12(16)8-14(13)22-2)9-17-15(19)10-3-5-18(20)6-4-10/h3-8H,9H2,1-2H3,(H,17,19). The van der Waals surface area contributed by atoms with Gasteiger partial charge in [0.15, 0.2) is 23.9 Å². The fraction of sp³-hybridized carbons (Fsp3) is 0.200. The van der Waals surface area contributed by atoms with E-state index in [1.54, 1.807) is 26.4 Å². The van der Waals surface area contributed by atoms with Crippen LogP contribution in [0, 0.1) is 5.21 Å². The van der Waals surface area contributed by atoms with Gasteiger partial charge in [-0.15, -0.1) is 0 Å². The maximum atomic E-state index is 12.0. The summed E-state index contributed by atoms with van der Waals surface area (Å²) in [6.07, 6.45) is 2.56. The Hall–Kier alpha value is -2.28. The number of ether oxygens (including phenoxy) is 2. The van der Waals surface area contributed by atoms with E-state index in [2.05, 4.69) is 21.2 Å². The molecular weight excluding hydrogens is 352 g/mol. The molecule has 2 aromatic rings. The molecule has 0 saturated heterocycles. The van der Waals surface area contributed by atoms with Crippen molar-refractivity contribution in [1.29, 1.82) is 0 Å². The molecule has 0 fully saturated rings. The largest absolute Gasteiger partial charge is 0.619 e. The number of nitrogens with zero attached hydrogens (tertiary/aromatic N) is 1. The van der Waals surface area contributed by atoms with Crippen LogP contribution in [0.25, 0.3) is 0 Å². The number of rotatable bonds is 5. The van der Waals surface area contributed by atoms with Crippen molar-refractivity contribution in [2.45, 2.75) is 6.54 Å². The number of benzene rings is 1. The number of carbonyl (C=O) groups excluding carboxylic acids is 1. The van der Waals surface area contributed by atoms with Gasteiger partial charge in [-0.2, -0.15) is 4.73 Å². The predicted molar refractivity (Wildman–Crippen MR) is 83.8 cm³/mol. The Bertz CT molecular complexity index is 674. The van der Waals surface area contributed by atoms with Crippen molar-refractivity contribution in [2.75, 3.05) is 14.2 Å². The van der Waals surface area contributed by atoms with Crippen molar-refractivity contribution in [1.82, 2.24) is 5.32 Å². The van der Waals surface area contributed by atoms with E-state index < -0.39 is 0 Å². The lowest BCUT2D eigenvalue weighted by molar-refractivity contribution is -0.605. The third-order valence-electron chi connectivity index (χ3n) is 3.06. The van der Waals surface area contributed by atoms with E-state index in [-0.39, 0.29) is 5.91 Å². The molecule has 7 heteroatoms. The lowest BCUT2D eigenvalue weighted by atomic mass is 10.2. The van der Waals surface area contributed by atoms with Crippen LogP contribution in [0.5, 0.6) is 11.5 Å². The highest BCUT2D eigenvalue weighted by Crippen LogP contribution is 2.33. The molecule has 22 heavy (non-hydrogen) atoms. The van der Waals surface area contributed by atoms with Gasteiger partial charge in [0.25, 0.3) is 5.91 Å². The normalized spacial score (nSPS) is 10.1. The summed E-state index contributed by atoms with van der Waals surface area (Å²) in [5.41, 5.74) is 1.27. The average Bonchev–Trinajstić information content (AvgIpc) is 2.53. The second-order valence-corrected chi connectivity index (χ2v) is 5.28. The van der Waals surface area contributed by atoms with Crippen molar-refractivity contribution in [3.05, 3.63) is 57.5 Å². The van der Waals surface area contributed by atoms with Crippen molar-refractivity contribution >= 4 is 21.8 Å². The maximum Gasteiger partial charge on any atom is 0.252 e. The first-order valence-corrected chi connectivity index (χ1v) is 7.22. The molecule has 0 aliphatic carbocycles. The monoisotopic (exact) mass is 366 g/mol. The fourth-order valence-corrected chi connectivity index (χ4v) is 2.34. The van der Waals surface area contributed by atoms with Crippen LogP contribution in [0.3, 0.4) is 0 Å². The highest BCUT2D eigenvalue weighted by Gasteiger charge is 2.11. The Kier molecular flexibility index (Phi) is 5.21.